The highest BCUT2D eigenvalue weighted by Crippen LogP contribution is 2.29. The van der Waals surface area contributed by atoms with Crippen LogP contribution >= 0.6 is 0 Å². The molecular weight excluding hydrogens is 391 g/mol. The average Bonchev–Trinajstić information content (AvgIpc) is 3.21. The van der Waals surface area contributed by atoms with E-state index < -0.39 is 11.7 Å². The van der Waals surface area contributed by atoms with Crippen LogP contribution in [0.1, 0.15) is 11.1 Å². The van der Waals surface area contributed by atoms with Gasteiger partial charge < -0.3 is 11.1 Å². The summed E-state index contributed by atoms with van der Waals surface area (Å²) in [4.78, 5) is 4.11. The average molecular weight is 411 g/mol. The van der Waals surface area contributed by atoms with E-state index in [4.69, 9.17) is 5.73 Å². The number of fused-ring (bicyclic) bond motifs is 1. The van der Waals surface area contributed by atoms with Crippen LogP contribution in [0.25, 0.3) is 16.5 Å². The molecule has 3 N–H and O–H groups in total. The zero-order valence-corrected chi connectivity index (χ0v) is 16.0. The topological polar surface area (TPSA) is 68.8 Å². The van der Waals surface area contributed by atoms with Gasteiger partial charge in [-0.05, 0) is 47.7 Å². The van der Waals surface area contributed by atoms with Gasteiger partial charge in [0.15, 0.2) is 0 Å². The molecule has 0 saturated heterocycles. The zero-order valence-electron chi connectivity index (χ0n) is 16.0. The minimum atomic E-state index is -4.33. The van der Waals surface area contributed by atoms with Crippen LogP contribution in [0, 0.1) is 0 Å². The number of aromatic nitrogens is 3. The fourth-order valence-corrected chi connectivity index (χ4v) is 3.22. The summed E-state index contributed by atoms with van der Waals surface area (Å²) in [6, 6.07) is 12.8. The Morgan fingerprint density at radius 2 is 1.80 bits per heavy atom. The molecule has 0 fully saturated rings. The fourth-order valence-electron chi connectivity index (χ4n) is 3.22. The van der Waals surface area contributed by atoms with E-state index in [2.05, 4.69) is 15.4 Å². The van der Waals surface area contributed by atoms with Gasteiger partial charge in [0, 0.05) is 30.4 Å². The van der Waals surface area contributed by atoms with Gasteiger partial charge in [-0.15, -0.1) is 0 Å². The third-order valence-electron chi connectivity index (χ3n) is 4.82. The van der Waals surface area contributed by atoms with Crippen LogP contribution in [0.4, 0.5) is 18.9 Å². The molecule has 4 rings (SSSR count). The number of nitrogens with one attached hydrogen (secondary N) is 1. The summed E-state index contributed by atoms with van der Waals surface area (Å²) in [6.07, 6.45) is 3.28. The second kappa shape index (κ2) is 8.16. The number of nitrogens with two attached hydrogens (primary N) is 1. The first-order valence-corrected chi connectivity index (χ1v) is 9.43. The first kappa shape index (κ1) is 19.9. The minimum absolute atomic E-state index is 0.252. The number of nitrogens with zero attached hydrogens (tertiary/aromatic N) is 3. The number of hydrogen-bond donors (Lipinski definition) is 2. The summed E-state index contributed by atoms with van der Waals surface area (Å²) in [7, 11) is 0. The lowest BCUT2D eigenvalue weighted by Crippen LogP contribution is -2.31. The SMILES string of the molecule is N[C@H](CNc1cnn(-c2ccc3cnccc3c2)c1)Cc1ccc(C(F)(F)F)cc1. The zero-order chi connectivity index (χ0) is 21.1. The van der Waals surface area contributed by atoms with E-state index in [1.165, 1.54) is 12.1 Å². The van der Waals surface area contributed by atoms with Gasteiger partial charge in [0.05, 0.1) is 29.3 Å². The van der Waals surface area contributed by atoms with Crippen LogP contribution in [0.2, 0.25) is 0 Å². The number of benzene rings is 2. The summed E-state index contributed by atoms with van der Waals surface area (Å²) in [5.74, 6) is 0. The number of anilines is 1. The first-order chi connectivity index (χ1) is 14.4. The number of rotatable bonds is 6. The molecule has 0 radical (unpaired) electrons. The molecule has 0 unspecified atom stereocenters. The van der Waals surface area contributed by atoms with Gasteiger partial charge in [0.2, 0.25) is 0 Å². The highest BCUT2D eigenvalue weighted by Gasteiger charge is 2.29. The van der Waals surface area contributed by atoms with Gasteiger partial charge in [-0.3, -0.25) is 4.98 Å². The lowest BCUT2D eigenvalue weighted by molar-refractivity contribution is -0.137. The molecule has 2 aromatic carbocycles. The summed E-state index contributed by atoms with van der Waals surface area (Å²) >= 11 is 0. The molecule has 2 aromatic heterocycles. The van der Waals surface area contributed by atoms with E-state index in [0.29, 0.717) is 13.0 Å². The van der Waals surface area contributed by atoms with Crippen LogP contribution in [-0.4, -0.2) is 27.4 Å². The van der Waals surface area contributed by atoms with E-state index in [1.807, 2.05) is 36.7 Å². The quantitative estimate of drug-likeness (QED) is 0.493. The Bertz CT molecular complexity index is 1140. The normalized spacial score (nSPS) is 12.8. The first-order valence-electron chi connectivity index (χ1n) is 9.43. The molecule has 0 saturated carbocycles. The second-order valence-corrected chi connectivity index (χ2v) is 7.12. The van der Waals surface area contributed by atoms with Crippen LogP contribution in [0.5, 0.6) is 0 Å². The van der Waals surface area contributed by atoms with Gasteiger partial charge >= 0.3 is 6.18 Å². The Hall–Kier alpha value is -3.39. The van der Waals surface area contributed by atoms with Crippen molar-refractivity contribution in [1.29, 1.82) is 0 Å². The lowest BCUT2D eigenvalue weighted by atomic mass is 10.0. The third kappa shape index (κ3) is 4.60. The molecule has 0 amide bonds. The third-order valence-corrected chi connectivity index (χ3v) is 4.82. The van der Waals surface area contributed by atoms with E-state index >= 15 is 0 Å². The van der Waals surface area contributed by atoms with Crippen molar-refractivity contribution in [1.82, 2.24) is 14.8 Å². The Kier molecular flexibility index (Phi) is 5.41. The maximum atomic E-state index is 12.6. The molecule has 0 aliphatic carbocycles. The molecule has 5 nitrogen and oxygen atoms in total. The largest absolute Gasteiger partial charge is 0.416 e. The predicted molar refractivity (Wildman–Crippen MR) is 110 cm³/mol. The molecule has 0 aliphatic rings. The molecule has 30 heavy (non-hydrogen) atoms. The predicted octanol–water partition coefficient (Wildman–Crippen LogP) is 4.42. The summed E-state index contributed by atoms with van der Waals surface area (Å²) in [5.41, 5.74) is 7.98. The highest BCUT2D eigenvalue weighted by molar-refractivity contribution is 5.83. The van der Waals surface area contributed by atoms with Crippen molar-refractivity contribution in [3.8, 4) is 5.69 Å². The van der Waals surface area contributed by atoms with Crippen LogP contribution < -0.4 is 11.1 Å². The van der Waals surface area contributed by atoms with E-state index in [9.17, 15) is 13.2 Å². The monoisotopic (exact) mass is 411 g/mol. The van der Waals surface area contributed by atoms with Crippen molar-refractivity contribution >= 4 is 16.5 Å². The highest BCUT2D eigenvalue weighted by atomic mass is 19.4. The Morgan fingerprint density at radius 3 is 2.57 bits per heavy atom. The Morgan fingerprint density at radius 1 is 1.00 bits per heavy atom. The van der Waals surface area contributed by atoms with Crippen LogP contribution in [0.15, 0.2) is 73.3 Å². The number of pyridine rings is 1. The maximum absolute atomic E-state index is 12.6. The molecule has 1 atom stereocenters. The molecule has 0 spiro atoms. The molecule has 4 aromatic rings. The van der Waals surface area contributed by atoms with Gasteiger partial charge in [-0.1, -0.05) is 18.2 Å². The molecule has 2 heterocycles. The second-order valence-electron chi connectivity index (χ2n) is 7.12. The van der Waals surface area contributed by atoms with E-state index in [-0.39, 0.29) is 6.04 Å². The smallest absolute Gasteiger partial charge is 0.381 e. The van der Waals surface area contributed by atoms with Crippen molar-refractivity contribution < 1.29 is 13.2 Å². The van der Waals surface area contributed by atoms with E-state index in [1.54, 1.807) is 17.1 Å². The number of alkyl halides is 3. The maximum Gasteiger partial charge on any atom is 0.416 e. The molecule has 0 aliphatic heterocycles. The van der Waals surface area contributed by atoms with E-state index in [0.717, 1.165) is 39.8 Å². The molecule has 154 valence electrons. The van der Waals surface area contributed by atoms with Gasteiger partial charge in [0.25, 0.3) is 0 Å². The molecular formula is C22H20F3N5. The molecule has 8 heteroatoms. The summed E-state index contributed by atoms with van der Waals surface area (Å²) in [5, 5.41) is 9.74. The van der Waals surface area contributed by atoms with Gasteiger partial charge in [-0.25, -0.2) is 4.68 Å². The number of hydrogen-bond acceptors (Lipinski definition) is 4. The Labute approximate surface area is 171 Å². The standard InChI is InChI=1S/C22H20F3N5/c23-22(24,25)18-4-1-15(2-5-18)9-19(26)12-28-20-13-29-30(14-20)21-6-3-17-11-27-8-7-16(17)10-21/h1-8,10-11,13-14,19,28H,9,12,26H2/t19-/m0/s1. The minimum Gasteiger partial charge on any atom is -0.381 e. The summed E-state index contributed by atoms with van der Waals surface area (Å²) in [6.45, 7) is 0.468. The summed E-state index contributed by atoms with van der Waals surface area (Å²) < 4.78 is 39.7. The fraction of sp³-hybridized carbons (Fsp3) is 0.182. The van der Waals surface area contributed by atoms with Crippen molar-refractivity contribution in [2.75, 3.05) is 11.9 Å². The molecule has 0 bridgehead atoms. The van der Waals surface area contributed by atoms with Crippen molar-refractivity contribution in [3.63, 3.8) is 0 Å². The van der Waals surface area contributed by atoms with Gasteiger partial charge in [0.1, 0.15) is 0 Å². The van der Waals surface area contributed by atoms with Crippen LogP contribution in [-0.2, 0) is 12.6 Å². The number of halogens is 3. The van der Waals surface area contributed by atoms with Gasteiger partial charge in [-0.2, -0.15) is 18.3 Å². The Balaban J connectivity index is 1.35. The van der Waals surface area contributed by atoms with Crippen molar-refractivity contribution in [3.05, 3.63) is 84.4 Å². The van der Waals surface area contributed by atoms with Crippen molar-refractivity contribution in [2.24, 2.45) is 5.73 Å². The van der Waals surface area contributed by atoms with Crippen LogP contribution in [0.3, 0.4) is 0 Å². The lowest BCUT2D eigenvalue weighted by Gasteiger charge is -2.13. The van der Waals surface area contributed by atoms with Crippen molar-refractivity contribution in [2.45, 2.75) is 18.6 Å².